The molecule has 0 aliphatic carbocycles. The average molecular weight is 474 g/mol. The number of aromatic nitrogens is 3. The molecule has 2 aliphatic heterocycles. The second-order valence-corrected chi connectivity index (χ2v) is 8.14. The van der Waals surface area contributed by atoms with Gasteiger partial charge in [0.2, 0.25) is 11.9 Å². The lowest BCUT2D eigenvalue weighted by molar-refractivity contribution is -0.137. The number of hydrogen-bond acceptors (Lipinski definition) is 8. The fourth-order valence-electron chi connectivity index (χ4n) is 3.68. The minimum Gasteiger partial charge on any atom is -0.395 e. The van der Waals surface area contributed by atoms with Gasteiger partial charge in [-0.15, -0.1) is 0 Å². The minimum absolute atomic E-state index is 0.110. The van der Waals surface area contributed by atoms with E-state index in [-0.39, 0.29) is 6.61 Å². The molecule has 34 heavy (non-hydrogen) atoms. The van der Waals surface area contributed by atoms with E-state index in [0.29, 0.717) is 55.3 Å². The van der Waals surface area contributed by atoms with Crippen molar-refractivity contribution in [3.63, 3.8) is 0 Å². The molecule has 8 nitrogen and oxygen atoms in total. The molecule has 0 unspecified atom stereocenters. The van der Waals surface area contributed by atoms with E-state index in [1.807, 2.05) is 17.9 Å². The van der Waals surface area contributed by atoms with Gasteiger partial charge in [0.25, 0.3) is 0 Å². The lowest BCUT2D eigenvalue weighted by Crippen LogP contribution is -2.47. The molecule has 0 saturated carbocycles. The van der Waals surface area contributed by atoms with Crippen molar-refractivity contribution in [2.45, 2.75) is 13.1 Å². The number of nitrogens with one attached hydrogen (secondary N) is 1. The van der Waals surface area contributed by atoms with Gasteiger partial charge >= 0.3 is 6.18 Å². The van der Waals surface area contributed by atoms with Gasteiger partial charge in [0, 0.05) is 32.7 Å². The van der Waals surface area contributed by atoms with Crippen LogP contribution in [-0.4, -0.2) is 76.7 Å². The van der Waals surface area contributed by atoms with Gasteiger partial charge in [-0.25, -0.2) is 0 Å². The van der Waals surface area contributed by atoms with Crippen LogP contribution in [-0.2, 0) is 6.18 Å². The molecule has 2 N–H and O–H groups in total. The predicted molar refractivity (Wildman–Crippen MR) is 126 cm³/mol. The van der Waals surface area contributed by atoms with Crippen molar-refractivity contribution >= 4 is 29.9 Å². The van der Waals surface area contributed by atoms with Crippen LogP contribution < -0.4 is 10.2 Å². The number of aliphatic hydroxyl groups excluding tert-OH is 1. The Hall–Kier alpha value is -3.31. The normalized spacial score (nSPS) is 17.3. The Bertz CT molecular complexity index is 1110. The fraction of sp³-hybridized carbons (Fsp3) is 0.391. The van der Waals surface area contributed by atoms with Crippen LogP contribution in [0.2, 0.25) is 0 Å². The number of β-amino-alcohol motifs (C(OH)–C–C–N with tert-alkyl or cyclic N) is 1. The number of halogens is 3. The van der Waals surface area contributed by atoms with E-state index in [0.717, 1.165) is 30.8 Å². The predicted octanol–water partition coefficient (Wildman–Crippen LogP) is 2.95. The molecule has 0 amide bonds. The minimum atomic E-state index is -4.41. The summed E-state index contributed by atoms with van der Waals surface area (Å²) < 4.78 is 39.1. The Balaban J connectivity index is 1.59. The number of rotatable bonds is 6. The van der Waals surface area contributed by atoms with Crippen LogP contribution in [0.3, 0.4) is 0 Å². The zero-order chi connectivity index (χ0) is 24.1. The number of hydrogen-bond donors (Lipinski definition) is 2. The number of alkyl halides is 3. The van der Waals surface area contributed by atoms with Gasteiger partial charge in [-0.3, -0.25) is 9.89 Å². The molecule has 2 aliphatic rings. The Morgan fingerprint density at radius 2 is 1.88 bits per heavy atom. The van der Waals surface area contributed by atoms with Crippen LogP contribution in [0, 0.1) is 0 Å². The molecule has 0 bridgehead atoms. The fourth-order valence-corrected chi connectivity index (χ4v) is 3.68. The Morgan fingerprint density at radius 3 is 2.56 bits per heavy atom. The van der Waals surface area contributed by atoms with Gasteiger partial charge in [-0.05, 0) is 42.3 Å². The highest BCUT2D eigenvalue weighted by Gasteiger charge is 2.30. The van der Waals surface area contributed by atoms with Gasteiger partial charge in [-0.1, -0.05) is 18.2 Å². The molecule has 4 rings (SSSR count). The molecule has 180 valence electrons. The largest absolute Gasteiger partial charge is 0.416 e. The van der Waals surface area contributed by atoms with E-state index < -0.39 is 11.7 Å². The van der Waals surface area contributed by atoms with Crippen molar-refractivity contribution in [2.75, 3.05) is 56.1 Å². The highest BCUT2D eigenvalue weighted by molar-refractivity contribution is 6.04. The number of nitrogens with zero attached hydrogens (tertiary/aromatic N) is 6. The summed E-state index contributed by atoms with van der Waals surface area (Å²) in [4.78, 5) is 22.1. The molecule has 0 atom stereocenters. The SMILES string of the molecule is CC1=CC(Nc2nc(/C=C/c3cccc(C(F)(F)F)c3)nc(N3CCN(CCO)CC3)n2)=NC1. The number of anilines is 2. The van der Waals surface area contributed by atoms with Crippen molar-refractivity contribution in [1.29, 1.82) is 0 Å². The van der Waals surface area contributed by atoms with Crippen LogP contribution in [0.25, 0.3) is 12.2 Å². The summed E-state index contributed by atoms with van der Waals surface area (Å²) in [5.74, 6) is 1.76. The van der Waals surface area contributed by atoms with Gasteiger partial charge in [-0.2, -0.15) is 28.1 Å². The summed E-state index contributed by atoms with van der Waals surface area (Å²) in [5, 5.41) is 12.3. The van der Waals surface area contributed by atoms with Crippen molar-refractivity contribution < 1.29 is 18.3 Å². The molecule has 1 saturated heterocycles. The van der Waals surface area contributed by atoms with Gasteiger partial charge in [0.15, 0.2) is 5.82 Å². The second kappa shape index (κ2) is 10.3. The van der Waals surface area contributed by atoms with E-state index in [1.54, 1.807) is 18.2 Å². The van der Waals surface area contributed by atoms with Crippen LogP contribution in [0.15, 0.2) is 40.9 Å². The first-order valence-corrected chi connectivity index (χ1v) is 11.0. The Morgan fingerprint density at radius 1 is 1.09 bits per heavy atom. The first-order chi connectivity index (χ1) is 16.3. The van der Waals surface area contributed by atoms with Crippen molar-refractivity contribution in [1.82, 2.24) is 19.9 Å². The third kappa shape index (κ3) is 6.17. The number of amidine groups is 1. The number of piperazine rings is 1. The summed E-state index contributed by atoms with van der Waals surface area (Å²) in [6.45, 7) is 6.20. The first-order valence-electron chi connectivity index (χ1n) is 11.0. The van der Waals surface area contributed by atoms with E-state index in [4.69, 9.17) is 5.11 Å². The summed E-state index contributed by atoms with van der Waals surface area (Å²) >= 11 is 0. The second-order valence-electron chi connectivity index (χ2n) is 8.14. The lowest BCUT2D eigenvalue weighted by atomic mass is 10.1. The maximum atomic E-state index is 13.0. The summed E-state index contributed by atoms with van der Waals surface area (Å²) in [6.07, 6.45) is 0.627. The van der Waals surface area contributed by atoms with E-state index in [2.05, 4.69) is 30.2 Å². The molecule has 1 aromatic heterocycles. The third-order valence-electron chi connectivity index (χ3n) is 5.47. The molecule has 1 aromatic carbocycles. The summed E-state index contributed by atoms with van der Waals surface area (Å²) in [7, 11) is 0. The van der Waals surface area contributed by atoms with Gasteiger partial charge < -0.3 is 15.3 Å². The van der Waals surface area contributed by atoms with E-state index in [9.17, 15) is 13.2 Å². The Labute approximate surface area is 195 Å². The van der Waals surface area contributed by atoms with E-state index >= 15 is 0 Å². The standard InChI is InChI=1S/C23H26F3N7O/c1-16-13-20(27-15-16)29-21-28-19(6-5-17-3-2-4-18(14-17)23(24,25)26)30-22(31-21)33-9-7-32(8-10-33)11-12-34/h2-6,13-14,34H,7-12,15H2,1H3,(H,27,28,29,30,31)/b6-5+. The zero-order valence-electron chi connectivity index (χ0n) is 18.8. The molecule has 1 fully saturated rings. The van der Waals surface area contributed by atoms with Crippen molar-refractivity contribution in [2.24, 2.45) is 4.99 Å². The van der Waals surface area contributed by atoms with Crippen LogP contribution in [0.5, 0.6) is 0 Å². The molecule has 2 aromatic rings. The molecule has 11 heteroatoms. The molecular formula is C23H26F3N7O. The monoisotopic (exact) mass is 473 g/mol. The molecular weight excluding hydrogens is 447 g/mol. The topological polar surface area (TPSA) is 89.8 Å². The molecule has 0 radical (unpaired) electrons. The van der Waals surface area contributed by atoms with Crippen molar-refractivity contribution in [3.8, 4) is 0 Å². The van der Waals surface area contributed by atoms with Crippen molar-refractivity contribution in [3.05, 3.63) is 52.9 Å². The number of aliphatic hydroxyl groups is 1. The quantitative estimate of drug-likeness (QED) is 0.667. The maximum Gasteiger partial charge on any atom is 0.416 e. The highest BCUT2D eigenvalue weighted by atomic mass is 19.4. The summed E-state index contributed by atoms with van der Waals surface area (Å²) in [6, 6.07) is 5.08. The molecule has 0 spiro atoms. The summed E-state index contributed by atoms with van der Waals surface area (Å²) in [5.41, 5.74) is 0.791. The van der Waals surface area contributed by atoms with Gasteiger partial charge in [0.1, 0.15) is 5.84 Å². The number of benzene rings is 1. The van der Waals surface area contributed by atoms with Crippen LogP contribution in [0.1, 0.15) is 23.9 Å². The number of aliphatic imine (C=N–C) groups is 1. The maximum absolute atomic E-state index is 13.0. The van der Waals surface area contributed by atoms with Crippen LogP contribution >= 0.6 is 0 Å². The van der Waals surface area contributed by atoms with Gasteiger partial charge in [0.05, 0.1) is 18.7 Å². The smallest absolute Gasteiger partial charge is 0.395 e. The molecule has 3 heterocycles. The first kappa shape index (κ1) is 23.8. The zero-order valence-corrected chi connectivity index (χ0v) is 18.8. The van der Waals surface area contributed by atoms with E-state index in [1.165, 1.54) is 6.07 Å². The average Bonchev–Trinajstić information content (AvgIpc) is 3.22. The lowest BCUT2D eigenvalue weighted by Gasteiger charge is -2.34. The third-order valence-corrected chi connectivity index (χ3v) is 5.47. The van der Waals surface area contributed by atoms with Crippen LogP contribution in [0.4, 0.5) is 25.1 Å². The Kier molecular flexibility index (Phi) is 7.23. The highest BCUT2D eigenvalue weighted by Crippen LogP contribution is 2.30.